The predicted octanol–water partition coefficient (Wildman–Crippen LogP) is 4.29. The maximum Gasteiger partial charge on any atom is 0.163 e. The number of Topliss-reactive ketones (excluding diaryl/α,β-unsaturated/α-hetero) is 1. The zero-order valence-electron chi connectivity index (χ0n) is 13.3. The van der Waals surface area contributed by atoms with Crippen molar-refractivity contribution in [1.82, 2.24) is 0 Å². The average molecular weight is 288 g/mol. The molecule has 3 rings (SSSR count). The molecule has 0 bridgehead atoms. The Labute approximate surface area is 126 Å². The highest BCUT2D eigenvalue weighted by Crippen LogP contribution is 2.55. The summed E-state index contributed by atoms with van der Waals surface area (Å²) in [6.45, 7) is 8.04. The number of hydrogen-bond donors (Lipinski definition) is 1. The number of ether oxygens (including phenoxy) is 1. The molecule has 1 saturated carbocycles. The zero-order valence-corrected chi connectivity index (χ0v) is 13.3. The van der Waals surface area contributed by atoms with Gasteiger partial charge in [0.25, 0.3) is 0 Å². The van der Waals surface area contributed by atoms with E-state index in [1.165, 1.54) is 13.3 Å². The first-order valence-electron chi connectivity index (χ1n) is 7.87. The van der Waals surface area contributed by atoms with Gasteiger partial charge in [-0.05, 0) is 57.6 Å². The Hall–Kier alpha value is -1.51. The molecule has 21 heavy (non-hydrogen) atoms. The number of carbonyl (C=O) groups is 1. The van der Waals surface area contributed by atoms with Crippen LogP contribution in [0.4, 0.5) is 0 Å². The van der Waals surface area contributed by atoms with Crippen LogP contribution in [-0.2, 0) is 0 Å². The van der Waals surface area contributed by atoms with E-state index in [0.717, 1.165) is 24.2 Å². The summed E-state index contributed by atoms with van der Waals surface area (Å²) >= 11 is 0. The van der Waals surface area contributed by atoms with Crippen LogP contribution in [0.3, 0.4) is 0 Å². The molecule has 1 aliphatic heterocycles. The number of fused-ring (bicyclic) bond motifs is 3. The second kappa shape index (κ2) is 4.75. The van der Waals surface area contributed by atoms with Crippen molar-refractivity contribution in [2.45, 2.75) is 58.5 Å². The summed E-state index contributed by atoms with van der Waals surface area (Å²) in [5.74, 6) is 2.12. The lowest BCUT2D eigenvalue weighted by molar-refractivity contribution is -0.0145. The Kier molecular flexibility index (Phi) is 3.27. The monoisotopic (exact) mass is 288 g/mol. The van der Waals surface area contributed by atoms with E-state index in [2.05, 4.69) is 20.8 Å². The van der Waals surface area contributed by atoms with Gasteiger partial charge in [-0.1, -0.05) is 13.3 Å². The fourth-order valence-corrected chi connectivity index (χ4v) is 4.21. The minimum absolute atomic E-state index is 0.0967. The van der Waals surface area contributed by atoms with Gasteiger partial charge in [0.05, 0.1) is 5.56 Å². The number of benzene rings is 1. The molecular formula is C18H24O3. The van der Waals surface area contributed by atoms with Crippen LogP contribution in [0.5, 0.6) is 11.5 Å². The molecule has 1 aromatic rings. The van der Waals surface area contributed by atoms with Gasteiger partial charge in [-0.25, -0.2) is 0 Å². The fraction of sp³-hybridized carbons (Fsp3) is 0.611. The third-order valence-corrected chi connectivity index (χ3v) is 5.31. The molecule has 3 heteroatoms. The molecule has 1 fully saturated rings. The summed E-state index contributed by atoms with van der Waals surface area (Å²) in [5, 5.41) is 10.6. The standard InChI is InChI=1S/C18H24O3/c1-10-5-7-14-13(9-10)16-15(21-18(14,3)4)8-6-12(11(2)19)17(16)20/h6,8,10,13-14,20H,5,7,9H2,1-4H3/t10-,13?,14?/m0/s1. The van der Waals surface area contributed by atoms with E-state index in [4.69, 9.17) is 4.74 Å². The van der Waals surface area contributed by atoms with Crippen molar-refractivity contribution >= 4 is 5.78 Å². The minimum atomic E-state index is -0.220. The molecule has 3 nitrogen and oxygen atoms in total. The van der Waals surface area contributed by atoms with E-state index >= 15 is 0 Å². The molecule has 1 N–H and O–H groups in total. The van der Waals surface area contributed by atoms with Crippen LogP contribution >= 0.6 is 0 Å². The van der Waals surface area contributed by atoms with Crippen LogP contribution in [0, 0.1) is 11.8 Å². The lowest BCUT2D eigenvalue weighted by atomic mass is 9.64. The third kappa shape index (κ3) is 2.23. The highest BCUT2D eigenvalue weighted by molar-refractivity contribution is 5.97. The van der Waals surface area contributed by atoms with Crippen molar-refractivity contribution < 1.29 is 14.6 Å². The second-order valence-corrected chi connectivity index (χ2v) is 7.27. The first-order valence-corrected chi connectivity index (χ1v) is 7.87. The normalized spacial score (nSPS) is 30.0. The molecule has 0 saturated heterocycles. The van der Waals surface area contributed by atoms with E-state index in [1.807, 2.05) is 6.07 Å². The SMILES string of the molecule is CC(=O)c1ccc2c(c1O)C1C[C@@H](C)CCC1C(C)(C)O2. The summed E-state index contributed by atoms with van der Waals surface area (Å²) in [5.41, 5.74) is 1.05. The average Bonchev–Trinajstić information content (AvgIpc) is 2.37. The van der Waals surface area contributed by atoms with E-state index in [9.17, 15) is 9.90 Å². The number of rotatable bonds is 1. The van der Waals surface area contributed by atoms with Gasteiger partial charge in [0, 0.05) is 11.5 Å². The van der Waals surface area contributed by atoms with Gasteiger partial charge in [-0.3, -0.25) is 4.79 Å². The molecule has 3 atom stereocenters. The molecule has 114 valence electrons. The Balaban J connectivity index is 2.16. The number of carbonyl (C=O) groups excluding carboxylic acids is 1. The Bertz CT molecular complexity index is 588. The smallest absolute Gasteiger partial charge is 0.163 e. The maximum absolute atomic E-state index is 11.7. The van der Waals surface area contributed by atoms with Gasteiger partial charge in [-0.15, -0.1) is 0 Å². The molecular weight excluding hydrogens is 264 g/mol. The maximum atomic E-state index is 11.7. The summed E-state index contributed by atoms with van der Waals surface area (Å²) in [6, 6.07) is 3.53. The van der Waals surface area contributed by atoms with Gasteiger partial charge < -0.3 is 9.84 Å². The van der Waals surface area contributed by atoms with Crippen LogP contribution in [0.25, 0.3) is 0 Å². The molecule has 0 amide bonds. The zero-order chi connectivity index (χ0) is 15.4. The summed E-state index contributed by atoms with van der Waals surface area (Å²) < 4.78 is 6.17. The van der Waals surface area contributed by atoms with Crippen molar-refractivity contribution in [3.8, 4) is 11.5 Å². The molecule has 0 radical (unpaired) electrons. The van der Waals surface area contributed by atoms with Crippen molar-refractivity contribution in [2.75, 3.05) is 0 Å². The Morgan fingerprint density at radius 1 is 1.33 bits per heavy atom. The quantitative estimate of drug-likeness (QED) is 0.784. The third-order valence-electron chi connectivity index (χ3n) is 5.31. The van der Waals surface area contributed by atoms with Crippen molar-refractivity contribution in [3.63, 3.8) is 0 Å². The Morgan fingerprint density at radius 2 is 2.05 bits per heavy atom. The van der Waals surface area contributed by atoms with Crippen LogP contribution in [0.15, 0.2) is 12.1 Å². The van der Waals surface area contributed by atoms with Crippen molar-refractivity contribution in [1.29, 1.82) is 0 Å². The number of phenols is 1. The highest BCUT2D eigenvalue weighted by atomic mass is 16.5. The topological polar surface area (TPSA) is 46.5 Å². The summed E-state index contributed by atoms with van der Waals surface area (Å²) in [4.78, 5) is 11.7. The predicted molar refractivity (Wildman–Crippen MR) is 82.1 cm³/mol. The van der Waals surface area contributed by atoms with Crippen LogP contribution in [-0.4, -0.2) is 16.5 Å². The summed E-state index contributed by atoms with van der Waals surface area (Å²) in [7, 11) is 0. The number of aromatic hydroxyl groups is 1. The van der Waals surface area contributed by atoms with E-state index < -0.39 is 0 Å². The number of phenolic OH excluding ortho intramolecular Hbond substituents is 1. The van der Waals surface area contributed by atoms with Crippen LogP contribution < -0.4 is 4.74 Å². The summed E-state index contributed by atoms with van der Waals surface area (Å²) in [6.07, 6.45) is 3.37. The molecule has 0 aromatic heterocycles. The van der Waals surface area contributed by atoms with Gasteiger partial charge in [0.2, 0.25) is 0 Å². The van der Waals surface area contributed by atoms with Crippen molar-refractivity contribution in [3.05, 3.63) is 23.3 Å². The largest absolute Gasteiger partial charge is 0.507 e. The fourth-order valence-electron chi connectivity index (χ4n) is 4.21. The molecule has 1 aromatic carbocycles. The number of ketones is 1. The first-order chi connectivity index (χ1) is 9.81. The molecule has 2 unspecified atom stereocenters. The van der Waals surface area contributed by atoms with Gasteiger partial charge in [-0.2, -0.15) is 0 Å². The lowest BCUT2D eigenvalue weighted by Gasteiger charge is -2.48. The first kappa shape index (κ1) is 14.4. The van der Waals surface area contributed by atoms with Crippen molar-refractivity contribution in [2.24, 2.45) is 11.8 Å². The lowest BCUT2D eigenvalue weighted by Crippen LogP contribution is -2.46. The molecule has 1 aliphatic carbocycles. The van der Waals surface area contributed by atoms with E-state index in [0.29, 0.717) is 17.4 Å². The second-order valence-electron chi connectivity index (χ2n) is 7.27. The van der Waals surface area contributed by atoms with Crippen LogP contribution in [0.2, 0.25) is 0 Å². The van der Waals surface area contributed by atoms with E-state index in [1.54, 1.807) is 6.07 Å². The molecule has 0 spiro atoms. The Morgan fingerprint density at radius 3 is 2.71 bits per heavy atom. The van der Waals surface area contributed by atoms with Gasteiger partial charge in [0.1, 0.15) is 17.1 Å². The molecule has 2 aliphatic rings. The van der Waals surface area contributed by atoms with Gasteiger partial charge in [0.15, 0.2) is 5.78 Å². The van der Waals surface area contributed by atoms with Crippen LogP contribution in [0.1, 0.15) is 68.8 Å². The molecule has 1 heterocycles. The van der Waals surface area contributed by atoms with Gasteiger partial charge >= 0.3 is 0 Å². The number of hydrogen-bond acceptors (Lipinski definition) is 3. The van der Waals surface area contributed by atoms with E-state index in [-0.39, 0.29) is 23.1 Å². The highest BCUT2D eigenvalue weighted by Gasteiger charge is 2.47. The minimum Gasteiger partial charge on any atom is -0.507 e.